The smallest absolute Gasteiger partial charge is 0.262 e. The Morgan fingerprint density at radius 1 is 1.42 bits per heavy atom. The first-order chi connectivity index (χ1) is 12.4. The molecule has 2 aromatic rings. The Hall–Kier alpha value is -2.26. The lowest BCUT2D eigenvalue weighted by atomic mass is 10.1. The largest absolute Gasteiger partial charge is 0.348 e. The van der Waals surface area contributed by atoms with Crippen LogP contribution in [0.25, 0.3) is 6.08 Å². The standard InChI is InChI=1S/C18H15Cl3N4O/c1-3-6-23-18(26)13(9-22)7-15-11(2)24-25(17(15)21)10-12-4-5-14(19)8-16(12)20/h3-5,7-8H,1,6,10H2,2H3,(H,23,26)/b13-7+. The van der Waals surface area contributed by atoms with Crippen molar-refractivity contribution in [2.24, 2.45) is 0 Å². The Labute approximate surface area is 166 Å². The van der Waals surface area contributed by atoms with Gasteiger partial charge in [0.1, 0.15) is 16.8 Å². The normalized spacial score (nSPS) is 11.1. The molecule has 26 heavy (non-hydrogen) atoms. The highest BCUT2D eigenvalue weighted by molar-refractivity contribution is 6.35. The third-order valence-corrected chi connectivity index (χ3v) is 4.49. The van der Waals surface area contributed by atoms with E-state index in [1.165, 1.54) is 12.2 Å². The van der Waals surface area contributed by atoms with Gasteiger partial charge < -0.3 is 5.32 Å². The fourth-order valence-corrected chi connectivity index (χ4v) is 2.96. The molecule has 0 saturated heterocycles. The van der Waals surface area contributed by atoms with E-state index in [9.17, 15) is 10.1 Å². The molecular formula is C18H15Cl3N4O. The molecule has 0 aliphatic carbocycles. The summed E-state index contributed by atoms with van der Waals surface area (Å²) in [5.41, 5.74) is 1.81. The van der Waals surface area contributed by atoms with Crippen LogP contribution in [0.4, 0.5) is 0 Å². The van der Waals surface area contributed by atoms with Gasteiger partial charge in [-0.25, -0.2) is 4.68 Å². The van der Waals surface area contributed by atoms with Gasteiger partial charge >= 0.3 is 0 Å². The fraction of sp³-hybridized carbons (Fsp3) is 0.167. The SMILES string of the molecule is C=CCNC(=O)/C(C#N)=C/c1c(C)nn(Cc2ccc(Cl)cc2Cl)c1Cl. The van der Waals surface area contributed by atoms with Crippen molar-refractivity contribution in [3.05, 3.63) is 68.4 Å². The molecule has 134 valence electrons. The minimum Gasteiger partial charge on any atom is -0.348 e. The zero-order valence-electron chi connectivity index (χ0n) is 13.9. The van der Waals surface area contributed by atoms with Crippen LogP contribution in [0.3, 0.4) is 0 Å². The number of nitrogens with one attached hydrogen (secondary N) is 1. The van der Waals surface area contributed by atoms with Crippen LogP contribution in [0.1, 0.15) is 16.8 Å². The van der Waals surface area contributed by atoms with Crippen LogP contribution >= 0.6 is 34.8 Å². The lowest BCUT2D eigenvalue weighted by molar-refractivity contribution is -0.116. The average Bonchev–Trinajstić information content (AvgIpc) is 2.86. The van der Waals surface area contributed by atoms with Crippen LogP contribution < -0.4 is 5.32 Å². The van der Waals surface area contributed by atoms with Crippen molar-refractivity contribution in [3.63, 3.8) is 0 Å². The minimum atomic E-state index is -0.503. The van der Waals surface area contributed by atoms with E-state index in [4.69, 9.17) is 34.8 Å². The van der Waals surface area contributed by atoms with Gasteiger partial charge in [-0.15, -0.1) is 6.58 Å². The van der Waals surface area contributed by atoms with Crippen LogP contribution in [-0.4, -0.2) is 22.2 Å². The van der Waals surface area contributed by atoms with Gasteiger partial charge in [0.15, 0.2) is 0 Å². The van der Waals surface area contributed by atoms with Gasteiger partial charge in [-0.2, -0.15) is 10.4 Å². The quantitative estimate of drug-likeness (QED) is 0.436. The molecule has 0 aliphatic heterocycles. The lowest BCUT2D eigenvalue weighted by Gasteiger charge is -2.06. The summed E-state index contributed by atoms with van der Waals surface area (Å²) in [6.45, 7) is 5.85. The van der Waals surface area contributed by atoms with E-state index in [2.05, 4.69) is 17.0 Å². The first kappa shape index (κ1) is 20.1. The number of carbonyl (C=O) groups is 1. The maximum Gasteiger partial charge on any atom is 0.262 e. The second-order valence-electron chi connectivity index (χ2n) is 5.35. The van der Waals surface area contributed by atoms with Crippen LogP contribution in [0.2, 0.25) is 15.2 Å². The number of hydrogen-bond donors (Lipinski definition) is 1. The molecule has 0 aliphatic rings. The number of halogens is 3. The number of carbonyl (C=O) groups excluding carboxylic acids is 1. The molecule has 1 aromatic carbocycles. The van der Waals surface area contributed by atoms with Gasteiger partial charge in [0.2, 0.25) is 0 Å². The molecular weight excluding hydrogens is 395 g/mol. The van der Waals surface area contributed by atoms with Crippen molar-refractivity contribution < 1.29 is 4.79 Å². The Morgan fingerprint density at radius 3 is 2.77 bits per heavy atom. The summed E-state index contributed by atoms with van der Waals surface area (Å²) < 4.78 is 1.55. The molecule has 1 amide bonds. The molecule has 5 nitrogen and oxygen atoms in total. The second kappa shape index (κ2) is 8.91. The average molecular weight is 410 g/mol. The number of nitriles is 1. The number of benzene rings is 1. The number of nitrogens with zero attached hydrogens (tertiary/aromatic N) is 3. The van der Waals surface area contributed by atoms with E-state index in [1.54, 1.807) is 29.8 Å². The molecule has 8 heteroatoms. The molecule has 0 atom stereocenters. The van der Waals surface area contributed by atoms with Crippen molar-refractivity contribution in [3.8, 4) is 6.07 Å². The molecule has 1 heterocycles. The Morgan fingerprint density at radius 2 is 2.15 bits per heavy atom. The van der Waals surface area contributed by atoms with Gasteiger partial charge in [0.05, 0.1) is 12.2 Å². The van der Waals surface area contributed by atoms with Crippen LogP contribution in [0.15, 0.2) is 36.4 Å². The van der Waals surface area contributed by atoms with Gasteiger partial charge in [0, 0.05) is 22.2 Å². The highest BCUT2D eigenvalue weighted by Gasteiger charge is 2.16. The third-order valence-electron chi connectivity index (χ3n) is 3.51. The third kappa shape index (κ3) is 4.67. The molecule has 0 fully saturated rings. The number of amides is 1. The van der Waals surface area contributed by atoms with Crippen molar-refractivity contribution in [1.82, 2.24) is 15.1 Å². The number of aromatic nitrogens is 2. The van der Waals surface area contributed by atoms with Crippen LogP contribution in [0, 0.1) is 18.3 Å². The zero-order chi connectivity index (χ0) is 19.3. The predicted molar refractivity (Wildman–Crippen MR) is 104 cm³/mol. The van der Waals surface area contributed by atoms with E-state index in [0.717, 1.165) is 5.56 Å². The van der Waals surface area contributed by atoms with E-state index in [0.29, 0.717) is 33.0 Å². The minimum absolute atomic E-state index is 0.0686. The highest BCUT2D eigenvalue weighted by Crippen LogP contribution is 2.26. The summed E-state index contributed by atoms with van der Waals surface area (Å²) >= 11 is 18.5. The predicted octanol–water partition coefficient (Wildman–Crippen LogP) is 4.41. The van der Waals surface area contributed by atoms with Gasteiger partial charge in [-0.3, -0.25) is 4.79 Å². The van der Waals surface area contributed by atoms with Gasteiger partial charge in [-0.1, -0.05) is 46.9 Å². The number of aryl methyl sites for hydroxylation is 1. The second-order valence-corrected chi connectivity index (χ2v) is 6.55. The molecule has 0 radical (unpaired) electrons. The topological polar surface area (TPSA) is 70.7 Å². The first-order valence-electron chi connectivity index (χ1n) is 7.55. The van der Waals surface area contributed by atoms with Crippen molar-refractivity contribution in [1.29, 1.82) is 5.26 Å². The van der Waals surface area contributed by atoms with Crippen LogP contribution in [0.5, 0.6) is 0 Å². The maximum absolute atomic E-state index is 12.0. The summed E-state index contributed by atoms with van der Waals surface area (Å²) in [7, 11) is 0. The highest BCUT2D eigenvalue weighted by atomic mass is 35.5. The van der Waals surface area contributed by atoms with Gasteiger partial charge in [0.25, 0.3) is 5.91 Å². The summed E-state index contributed by atoms with van der Waals surface area (Å²) in [5.74, 6) is -0.503. The molecule has 0 bridgehead atoms. The van der Waals surface area contributed by atoms with Gasteiger partial charge in [-0.05, 0) is 30.7 Å². The summed E-state index contributed by atoms with van der Waals surface area (Å²) in [6, 6.07) is 7.03. The molecule has 0 spiro atoms. The van der Waals surface area contributed by atoms with E-state index >= 15 is 0 Å². The Balaban J connectivity index is 2.35. The van der Waals surface area contributed by atoms with Crippen molar-refractivity contribution in [2.45, 2.75) is 13.5 Å². The number of hydrogen-bond acceptors (Lipinski definition) is 3. The van der Waals surface area contributed by atoms with Crippen molar-refractivity contribution in [2.75, 3.05) is 6.54 Å². The molecule has 2 rings (SSSR count). The summed E-state index contributed by atoms with van der Waals surface area (Å²) in [4.78, 5) is 12.0. The molecule has 1 N–H and O–H groups in total. The monoisotopic (exact) mass is 408 g/mol. The fourth-order valence-electron chi connectivity index (χ4n) is 2.20. The zero-order valence-corrected chi connectivity index (χ0v) is 16.2. The maximum atomic E-state index is 12.0. The van der Waals surface area contributed by atoms with E-state index in [-0.39, 0.29) is 12.1 Å². The first-order valence-corrected chi connectivity index (χ1v) is 8.68. The summed E-state index contributed by atoms with van der Waals surface area (Å²) in [6.07, 6.45) is 2.95. The van der Waals surface area contributed by atoms with E-state index in [1.807, 2.05) is 6.07 Å². The Kier molecular flexibility index (Phi) is 6.87. The molecule has 0 saturated carbocycles. The Bertz CT molecular complexity index is 925. The van der Waals surface area contributed by atoms with E-state index < -0.39 is 5.91 Å². The lowest BCUT2D eigenvalue weighted by Crippen LogP contribution is -2.24. The van der Waals surface area contributed by atoms with Crippen LogP contribution in [-0.2, 0) is 11.3 Å². The summed E-state index contributed by atoms with van der Waals surface area (Å²) in [5, 5.41) is 17.5. The van der Waals surface area contributed by atoms with Crippen molar-refractivity contribution >= 4 is 46.8 Å². The molecule has 1 aromatic heterocycles. The molecule has 0 unspecified atom stereocenters. The number of rotatable bonds is 6.